The number of guanidine groups is 1. The van der Waals surface area contributed by atoms with Crippen molar-refractivity contribution in [3.8, 4) is 0 Å². The van der Waals surface area contributed by atoms with Gasteiger partial charge in [-0.25, -0.2) is 0 Å². The summed E-state index contributed by atoms with van der Waals surface area (Å²) in [6.07, 6.45) is 8.59. The molecular formula is C18H36N6O2. The molecule has 0 saturated carbocycles. The molecule has 8 heteroatoms. The second-order valence-corrected chi connectivity index (χ2v) is 6.91. The Hall–Kier alpha value is -1.83. The molecule has 1 rings (SSSR count). The molecule has 2 amide bonds. The highest BCUT2D eigenvalue weighted by molar-refractivity contribution is 5.87. The van der Waals surface area contributed by atoms with E-state index < -0.39 is 6.04 Å². The highest BCUT2D eigenvalue weighted by Crippen LogP contribution is 2.13. The molecule has 1 fully saturated rings. The lowest BCUT2D eigenvalue weighted by atomic mass is 10.1. The molecule has 0 spiro atoms. The summed E-state index contributed by atoms with van der Waals surface area (Å²) in [5.41, 5.74) is 16.1. The smallest absolute Gasteiger partial charge is 0.245 e. The molecule has 26 heavy (non-hydrogen) atoms. The summed E-state index contributed by atoms with van der Waals surface area (Å²) in [4.78, 5) is 30.7. The van der Waals surface area contributed by atoms with Gasteiger partial charge in [0.05, 0.1) is 0 Å². The number of hydrogen-bond donors (Lipinski definition) is 4. The Balaban J connectivity index is 2.29. The number of carbonyl (C=O) groups is 2. The molecule has 0 unspecified atom stereocenters. The van der Waals surface area contributed by atoms with Crippen LogP contribution in [0, 0.1) is 0 Å². The lowest BCUT2D eigenvalue weighted by Crippen LogP contribution is -2.47. The van der Waals surface area contributed by atoms with Crippen molar-refractivity contribution < 1.29 is 9.59 Å². The summed E-state index contributed by atoms with van der Waals surface area (Å²) < 4.78 is 0. The third-order valence-electron chi connectivity index (χ3n) is 4.60. The molecule has 0 aliphatic carbocycles. The Morgan fingerprint density at radius 2 is 1.69 bits per heavy atom. The molecule has 1 saturated heterocycles. The number of nitrogens with zero attached hydrogens (tertiary/aromatic N) is 2. The number of amides is 2. The van der Waals surface area contributed by atoms with Crippen LogP contribution in [0.5, 0.6) is 0 Å². The molecule has 0 aromatic rings. The van der Waals surface area contributed by atoms with E-state index in [1.165, 1.54) is 0 Å². The van der Waals surface area contributed by atoms with Crippen molar-refractivity contribution in [1.82, 2.24) is 10.2 Å². The second kappa shape index (κ2) is 13.4. The lowest BCUT2D eigenvalue weighted by Gasteiger charge is -2.24. The van der Waals surface area contributed by atoms with Crippen LogP contribution in [0.15, 0.2) is 4.99 Å². The van der Waals surface area contributed by atoms with Crippen molar-refractivity contribution in [2.24, 2.45) is 22.2 Å². The molecule has 0 aromatic heterocycles. The van der Waals surface area contributed by atoms with Crippen molar-refractivity contribution in [3.05, 3.63) is 0 Å². The lowest BCUT2D eigenvalue weighted by molar-refractivity contribution is -0.135. The van der Waals surface area contributed by atoms with Crippen molar-refractivity contribution in [2.45, 2.75) is 70.3 Å². The normalized spacial score (nSPS) is 14.9. The number of nitrogens with two attached hydrogens (primary N) is 3. The quantitative estimate of drug-likeness (QED) is 0.212. The third-order valence-corrected chi connectivity index (χ3v) is 4.60. The first kappa shape index (κ1) is 22.2. The third kappa shape index (κ3) is 9.60. The van der Waals surface area contributed by atoms with Gasteiger partial charge in [0, 0.05) is 26.1 Å². The van der Waals surface area contributed by atoms with Crippen LogP contribution in [0.25, 0.3) is 0 Å². The molecule has 8 nitrogen and oxygen atoms in total. The van der Waals surface area contributed by atoms with E-state index in [0.29, 0.717) is 25.9 Å². The zero-order valence-electron chi connectivity index (χ0n) is 15.9. The molecular weight excluding hydrogens is 332 g/mol. The van der Waals surface area contributed by atoms with Gasteiger partial charge in [-0.3, -0.25) is 14.6 Å². The minimum absolute atomic E-state index is 0.0421. The van der Waals surface area contributed by atoms with Crippen LogP contribution in [0.4, 0.5) is 0 Å². The number of carbonyl (C=O) groups excluding carboxylic acids is 2. The molecule has 1 atom stereocenters. The number of unbranched alkanes of at least 4 members (excludes halogenated alkanes) is 4. The molecule has 1 aliphatic heterocycles. The Labute approximate surface area is 156 Å². The van der Waals surface area contributed by atoms with Gasteiger partial charge in [0.25, 0.3) is 0 Å². The van der Waals surface area contributed by atoms with Gasteiger partial charge in [-0.2, -0.15) is 0 Å². The minimum atomic E-state index is -0.408. The van der Waals surface area contributed by atoms with Crippen LogP contribution in [0.3, 0.4) is 0 Å². The van der Waals surface area contributed by atoms with Crippen LogP contribution in [-0.4, -0.2) is 54.9 Å². The molecule has 0 aromatic carbocycles. The second-order valence-electron chi connectivity index (χ2n) is 6.91. The van der Waals surface area contributed by atoms with Gasteiger partial charge in [-0.15, -0.1) is 0 Å². The zero-order valence-corrected chi connectivity index (χ0v) is 15.9. The van der Waals surface area contributed by atoms with E-state index in [9.17, 15) is 9.59 Å². The van der Waals surface area contributed by atoms with E-state index >= 15 is 0 Å². The Morgan fingerprint density at radius 3 is 2.35 bits per heavy atom. The molecule has 7 N–H and O–H groups in total. The molecule has 0 bridgehead atoms. The van der Waals surface area contributed by atoms with Crippen molar-refractivity contribution in [1.29, 1.82) is 0 Å². The van der Waals surface area contributed by atoms with Crippen LogP contribution in [0.2, 0.25) is 0 Å². The van der Waals surface area contributed by atoms with E-state index in [0.717, 1.165) is 64.5 Å². The first-order chi connectivity index (χ1) is 12.5. The Morgan fingerprint density at radius 1 is 1.00 bits per heavy atom. The van der Waals surface area contributed by atoms with Crippen LogP contribution < -0.4 is 22.5 Å². The van der Waals surface area contributed by atoms with Crippen molar-refractivity contribution >= 4 is 17.8 Å². The van der Waals surface area contributed by atoms with Gasteiger partial charge < -0.3 is 27.4 Å². The van der Waals surface area contributed by atoms with Gasteiger partial charge in [0.2, 0.25) is 11.8 Å². The van der Waals surface area contributed by atoms with Crippen LogP contribution in [-0.2, 0) is 9.59 Å². The number of nitrogens with one attached hydrogen (secondary N) is 1. The average Bonchev–Trinajstić information content (AvgIpc) is 3.14. The predicted molar refractivity (Wildman–Crippen MR) is 104 cm³/mol. The summed E-state index contributed by atoms with van der Waals surface area (Å²) in [7, 11) is 0. The van der Waals surface area contributed by atoms with E-state index in [4.69, 9.17) is 17.2 Å². The standard InChI is InChI=1S/C18H36N6O2/c19-11-5-4-9-15(17(26)24-13-7-8-14-24)23-16(25)10-3-1-2-6-12-22-18(20)21/h15H,1-14,19H2,(H,23,25)(H4,20,21,22)/t15-/m0/s1. The zero-order chi connectivity index (χ0) is 19.2. The summed E-state index contributed by atoms with van der Waals surface area (Å²) in [6, 6.07) is -0.408. The SMILES string of the molecule is NCCCC[C@H](NC(=O)CCCCCCN=C(N)N)C(=O)N1CCCC1. The fourth-order valence-electron chi connectivity index (χ4n) is 3.13. The first-order valence-corrected chi connectivity index (χ1v) is 9.88. The predicted octanol–water partition coefficient (Wildman–Crippen LogP) is 0.447. The fraction of sp³-hybridized carbons (Fsp3) is 0.833. The highest BCUT2D eigenvalue weighted by atomic mass is 16.2. The maximum absolute atomic E-state index is 12.6. The summed E-state index contributed by atoms with van der Waals surface area (Å²) in [6.45, 7) is 2.84. The molecule has 150 valence electrons. The van der Waals surface area contributed by atoms with Gasteiger partial charge >= 0.3 is 0 Å². The Kier molecular flexibility index (Phi) is 11.4. The number of aliphatic imine (C=N–C) groups is 1. The van der Waals surface area contributed by atoms with Gasteiger partial charge in [0.1, 0.15) is 6.04 Å². The summed E-state index contributed by atoms with van der Waals surface area (Å²) in [5, 5.41) is 2.94. The summed E-state index contributed by atoms with van der Waals surface area (Å²) in [5.74, 6) is 0.136. The topological polar surface area (TPSA) is 140 Å². The van der Waals surface area contributed by atoms with E-state index in [1.807, 2.05) is 4.90 Å². The van der Waals surface area contributed by atoms with Gasteiger partial charge in [-0.05, 0) is 51.5 Å². The van der Waals surface area contributed by atoms with Crippen molar-refractivity contribution in [2.75, 3.05) is 26.2 Å². The number of rotatable bonds is 13. The largest absolute Gasteiger partial charge is 0.370 e. The van der Waals surface area contributed by atoms with Crippen LogP contribution in [0.1, 0.15) is 64.2 Å². The van der Waals surface area contributed by atoms with E-state index in [-0.39, 0.29) is 17.8 Å². The Bertz CT molecular complexity index is 445. The monoisotopic (exact) mass is 368 g/mol. The maximum Gasteiger partial charge on any atom is 0.245 e. The molecule has 1 heterocycles. The van der Waals surface area contributed by atoms with Crippen LogP contribution >= 0.6 is 0 Å². The van der Waals surface area contributed by atoms with E-state index in [2.05, 4.69) is 10.3 Å². The van der Waals surface area contributed by atoms with Gasteiger partial charge in [-0.1, -0.05) is 12.8 Å². The average molecular weight is 369 g/mol. The van der Waals surface area contributed by atoms with Crippen molar-refractivity contribution in [3.63, 3.8) is 0 Å². The number of hydrogen-bond acceptors (Lipinski definition) is 4. The fourth-order valence-corrected chi connectivity index (χ4v) is 3.13. The first-order valence-electron chi connectivity index (χ1n) is 9.88. The highest BCUT2D eigenvalue weighted by Gasteiger charge is 2.27. The molecule has 1 aliphatic rings. The summed E-state index contributed by atoms with van der Waals surface area (Å²) >= 11 is 0. The van der Waals surface area contributed by atoms with E-state index in [1.54, 1.807) is 0 Å². The maximum atomic E-state index is 12.6. The minimum Gasteiger partial charge on any atom is -0.370 e. The number of likely N-dealkylation sites (tertiary alicyclic amines) is 1. The molecule has 0 radical (unpaired) electrons. The van der Waals surface area contributed by atoms with Gasteiger partial charge in [0.15, 0.2) is 5.96 Å².